The Bertz CT molecular complexity index is 568. The van der Waals surface area contributed by atoms with Gasteiger partial charge in [0, 0.05) is 15.3 Å². The van der Waals surface area contributed by atoms with E-state index in [0.29, 0.717) is 6.61 Å². The predicted octanol–water partition coefficient (Wildman–Crippen LogP) is 5.93. The molecule has 0 saturated heterocycles. The largest absolute Gasteiger partial charge is 0.494 e. The molecule has 2 rings (SSSR count). The van der Waals surface area contributed by atoms with E-state index >= 15 is 0 Å². The van der Waals surface area contributed by atoms with Gasteiger partial charge in [-0.05, 0) is 30.5 Å². The molecule has 0 fully saturated rings. The fourth-order valence-corrected chi connectivity index (χ4v) is 3.90. The molecule has 0 saturated carbocycles. The zero-order chi connectivity index (χ0) is 14.8. The number of rotatable bonds is 4. The highest BCUT2D eigenvalue weighted by Gasteiger charge is 2.21. The van der Waals surface area contributed by atoms with Gasteiger partial charge in [-0.25, -0.2) is 0 Å². The van der Waals surface area contributed by atoms with E-state index in [1.54, 1.807) is 0 Å². The molecule has 1 unspecified atom stereocenters. The third-order valence-electron chi connectivity index (χ3n) is 3.11. The maximum Gasteiger partial charge on any atom is 0.123 e. The molecule has 0 bridgehead atoms. The topological polar surface area (TPSA) is 9.23 Å². The van der Waals surface area contributed by atoms with Crippen molar-refractivity contribution < 1.29 is 4.74 Å². The second-order valence-electron chi connectivity index (χ2n) is 5.79. The van der Waals surface area contributed by atoms with Crippen molar-refractivity contribution in [1.29, 1.82) is 0 Å². The third kappa shape index (κ3) is 3.44. The molecular weight excluding hydrogens is 332 g/mol. The number of ether oxygens (including phenoxy) is 1. The smallest absolute Gasteiger partial charge is 0.123 e. The van der Waals surface area contributed by atoms with Crippen LogP contribution in [0.25, 0.3) is 0 Å². The van der Waals surface area contributed by atoms with E-state index in [1.165, 1.54) is 15.3 Å². The van der Waals surface area contributed by atoms with E-state index in [9.17, 15) is 0 Å². The normalized spacial score (nSPS) is 13.2. The van der Waals surface area contributed by atoms with Crippen LogP contribution in [0.15, 0.2) is 36.4 Å². The zero-order valence-corrected chi connectivity index (χ0v) is 14.8. The molecule has 0 aliphatic carbocycles. The van der Waals surface area contributed by atoms with Crippen LogP contribution in [0.5, 0.6) is 5.75 Å². The van der Waals surface area contributed by atoms with Crippen LogP contribution in [0, 0.1) is 0 Å². The van der Waals surface area contributed by atoms with Crippen molar-refractivity contribution in [3.63, 3.8) is 0 Å². The van der Waals surface area contributed by atoms with Crippen molar-refractivity contribution in [3.8, 4) is 5.75 Å². The summed E-state index contributed by atoms with van der Waals surface area (Å²) in [7, 11) is 0. The van der Waals surface area contributed by atoms with Crippen molar-refractivity contribution in [2.24, 2.45) is 0 Å². The van der Waals surface area contributed by atoms with Gasteiger partial charge in [-0.1, -0.05) is 54.9 Å². The van der Waals surface area contributed by atoms with Crippen LogP contribution >= 0.6 is 27.3 Å². The summed E-state index contributed by atoms with van der Waals surface area (Å²) in [4.78, 5) is 2.92. The lowest BCUT2D eigenvalue weighted by Gasteiger charge is -2.16. The highest BCUT2D eigenvalue weighted by Crippen LogP contribution is 2.41. The maximum atomic E-state index is 5.73. The van der Waals surface area contributed by atoms with Gasteiger partial charge in [-0.2, -0.15) is 0 Å². The highest BCUT2D eigenvalue weighted by atomic mass is 79.9. The molecule has 0 aliphatic rings. The molecule has 3 heteroatoms. The molecule has 1 aromatic carbocycles. The zero-order valence-electron chi connectivity index (χ0n) is 12.4. The van der Waals surface area contributed by atoms with Crippen LogP contribution in [0.4, 0.5) is 0 Å². The van der Waals surface area contributed by atoms with Crippen molar-refractivity contribution in [3.05, 3.63) is 51.7 Å². The Morgan fingerprint density at radius 1 is 1.15 bits per heavy atom. The van der Waals surface area contributed by atoms with Gasteiger partial charge in [-0.15, -0.1) is 11.3 Å². The van der Waals surface area contributed by atoms with Crippen LogP contribution in [0.3, 0.4) is 0 Å². The first-order valence-corrected chi connectivity index (χ1v) is 8.62. The number of para-hydroxylation sites is 1. The molecule has 0 N–H and O–H groups in total. The number of hydrogen-bond donors (Lipinski definition) is 0. The molecule has 2 aromatic rings. The van der Waals surface area contributed by atoms with Crippen LogP contribution in [0.1, 0.15) is 47.8 Å². The van der Waals surface area contributed by atoms with E-state index in [-0.39, 0.29) is 10.2 Å². The first-order valence-electron chi connectivity index (χ1n) is 6.89. The number of halogens is 1. The summed E-state index contributed by atoms with van der Waals surface area (Å²) in [5, 5.41) is 0. The van der Waals surface area contributed by atoms with E-state index in [0.717, 1.165) is 5.75 Å². The highest BCUT2D eigenvalue weighted by molar-refractivity contribution is 9.09. The Morgan fingerprint density at radius 2 is 1.85 bits per heavy atom. The fraction of sp³-hybridized carbons (Fsp3) is 0.412. The SMILES string of the molecule is CCOc1ccccc1C(Br)c1ccc(C(C)(C)C)s1. The molecule has 1 atom stereocenters. The third-order valence-corrected chi connectivity index (χ3v) is 5.97. The first kappa shape index (κ1) is 15.6. The quantitative estimate of drug-likeness (QED) is 0.619. The Labute approximate surface area is 134 Å². The van der Waals surface area contributed by atoms with Crippen LogP contribution in [-0.2, 0) is 5.41 Å². The number of alkyl halides is 1. The molecule has 1 aromatic heterocycles. The lowest BCUT2D eigenvalue weighted by atomic mass is 9.95. The number of thiophene rings is 1. The molecule has 1 heterocycles. The monoisotopic (exact) mass is 352 g/mol. The van der Waals surface area contributed by atoms with Crippen molar-refractivity contribution >= 4 is 27.3 Å². The molecular formula is C17H21BrOS. The molecule has 0 amide bonds. The molecule has 0 aliphatic heterocycles. The van der Waals surface area contributed by atoms with Gasteiger partial charge in [0.1, 0.15) is 5.75 Å². The summed E-state index contributed by atoms with van der Waals surface area (Å²) in [6.45, 7) is 9.46. The molecule has 0 spiro atoms. The molecule has 0 radical (unpaired) electrons. The van der Waals surface area contributed by atoms with Crippen molar-refractivity contribution in [2.45, 2.75) is 37.9 Å². The van der Waals surface area contributed by atoms with Gasteiger partial charge in [0.15, 0.2) is 0 Å². The Hall–Kier alpha value is -0.800. The Morgan fingerprint density at radius 3 is 2.45 bits per heavy atom. The Balaban J connectivity index is 2.32. The summed E-state index contributed by atoms with van der Waals surface area (Å²) in [6, 6.07) is 12.7. The minimum absolute atomic E-state index is 0.186. The lowest BCUT2D eigenvalue weighted by molar-refractivity contribution is 0.337. The van der Waals surface area contributed by atoms with E-state index in [2.05, 4.69) is 61.0 Å². The predicted molar refractivity (Wildman–Crippen MR) is 91.4 cm³/mol. The summed E-state index contributed by atoms with van der Waals surface area (Å²) in [5.41, 5.74) is 1.39. The maximum absolute atomic E-state index is 5.73. The van der Waals surface area contributed by atoms with Gasteiger partial charge in [0.2, 0.25) is 0 Å². The minimum Gasteiger partial charge on any atom is -0.494 e. The fourth-order valence-electron chi connectivity index (χ4n) is 2.02. The van der Waals surface area contributed by atoms with Gasteiger partial charge >= 0.3 is 0 Å². The van der Waals surface area contributed by atoms with Crippen molar-refractivity contribution in [2.75, 3.05) is 6.61 Å². The number of benzene rings is 1. The Kier molecular flexibility index (Phi) is 4.92. The molecule has 1 nitrogen and oxygen atoms in total. The van der Waals surface area contributed by atoms with E-state index in [4.69, 9.17) is 4.74 Å². The first-order chi connectivity index (χ1) is 9.43. The van der Waals surface area contributed by atoms with Crippen molar-refractivity contribution in [1.82, 2.24) is 0 Å². The van der Waals surface area contributed by atoms with Gasteiger partial charge < -0.3 is 4.74 Å². The van der Waals surface area contributed by atoms with E-state index < -0.39 is 0 Å². The summed E-state index contributed by atoms with van der Waals surface area (Å²) >= 11 is 5.69. The average Bonchev–Trinajstić information content (AvgIpc) is 2.88. The second-order valence-corrected chi connectivity index (χ2v) is 7.82. The van der Waals surface area contributed by atoms with E-state index in [1.807, 2.05) is 30.4 Å². The summed E-state index contributed by atoms with van der Waals surface area (Å²) in [5.74, 6) is 0.961. The minimum atomic E-state index is 0.186. The van der Waals surface area contributed by atoms with Crippen LogP contribution in [0.2, 0.25) is 0 Å². The van der Waals surface area contributed by atoms with Gasteiger partial charge in [0.25, 0.3) is 0 Å². The lowest BCUT2D eigenvalue weighted by Crippen LogP contribution is -2.07. The second kappa shape index (κ2) is 6.31. The number of hydrogen-bond acceptors (Lipinski definition) is 2. The average molecular weight is 353 g/mol. The van der Waals surface area contributed by atoms with Gasteiger partial charge in [-0.3, -0.25) is 0 Å². The summed E-state index contributed by atoms with van der Waals surface area (Å²) < 4.78 is 5.73. The van der Waals surface area contributed by atoms with Crippen LogP contribution < -0.4 is 4.74 Å². The molecule has 108 valence electrons. The molecule has 20 heavy (non-hydrogen) atoms. The van der Waals surface area contributed by atoms with Gasteiger partial charge in [0.05, 0.1) is 11.4 Å². The standard InChI is InChI=1S/C17H21BrOS/c1-5-19-13-9-7-6-8-12(13)16(18)14-10-11-15(20-14)17(2,3)4/h6-11,16H,5H2,1-4H3. The summed E-state index contributed by atoms with van der Waals surface area (Å²) in [6.07, 6.45) is 0. The van der Waals surface area contributed by atoms with Crippen LogP contribution in [-0.4, -0.2) is 6.61 Å².